The van der Waals surface area contributed by atoms with E-state index < -0.39 is 0 Å². The van der Waals surface area contributed by atoms with E-state index in [4.69, 9.17) is 5.26 Å². The van der Waals surface area contributed by atoms with E-state index >= 15 is 0 Å². The molecule has 0 aromatic carbocycles. The van der Waals surface area contributed by atoms with Crippen molar-refractivity contribution in [2.75, 3.05) is 6.67 Å². The molecule has 0 unspecified atom stereocenters. The maximum absolute atomic E-state index is 12.1. The van der Waals surface area contributed by atoms with Crippen LogP contribution in [0.1, 0.15) is 103 Å². The Kier molecular flexibility index (Phi) is 9.36. The summed E-state index contributed by atoms with van der Waals surface area (Å²) in [4.78, 5) is 0. The van der Waals surface area contributed by atoms with Crippen LogP contribution in [-0.4, -0.2) is 6.67 Å². The average Bonchev–Trinajstić information content (AvgIpc) is 2.77. The van der Waals surface area contributed by atoms with E-state index in [2.05, 4.69) is 18.2 Å². The van der Waals surface area contributed by atoms with Gasteiger partial charge in [0, 0.05) is 5.92 Å². The number of hydrogen-bond donors (Lipinski definition) is 0. The van der Waals surface area contributed by atoms with Crippen molar-refractivity contribution in [1.82, 2.24) is 0 Å². The molecule has 1 nitrogen and oxygen atoms in total. The van der Waals surface area contributed by atoms with Crippen LogP contribution in [0.25, 0.3) is 0 Å². The SMILES string of the molecule is N#C[C@H]1CC[C@H]([C@H]2CC[C@H]([C@H]3CC[C@H](CCC=CCCCF)CC3)CC2)CC1. The van der Waals surface area contributed by atoms with Gasteiger partial charge in [0.2, 0.25) is 0 Å². The van der Waals surface area contributed by atoms with Gasteiger partial charge in [0.1, 0.15) is 0 Å². The van der Waals surface area contributed by atoms with Gasteiger partial charge in [-0.15, -0.1) is 0 Å². The lowest BCUT2D eigenvalue weighted by molar-refractivity contribution is 0.108. The summed E-state index contributed by atoms with van der Waals surface area (Å²) in [5.41, 5.74) is 0. The largest absolute Gasteiger partial charge is 0.251 e. The van der Waals surface area contributed by atoms with Gasteiger partial charge in [0.25, 0.3) is 0 Å². The van der Waals surface area contributed by atoms with Crippen LogP contribution in [0.4, 0.5) is 4.39 Å². The molecule has 0 heterocycles. The molecule has 0 bridgehead atoms. The van der Waals surface area contributed by atoms with Crippen molar-refractivity contribution in [3.05, 3.63) is 12.2 Å². The molecular formula is C26H42FN. The number of rotatable bonds is 8. The van der Waals surface area contributed by atoms with E-state index in [9.17, 15) is 4.39 Å². The summed E-state index contributed by atoms with van der Waals surface area (Å²) in [7, 11) is 0. The third kappa shape index (κ3) is 6.60. The molecule has 0 N–H and O–H groups in total. The molecule has 3 saturated carbocycles. The standard InChI is InChI=1S/C26H42FN/c27-19-5-3-1-2-4-6-21-7-11-23(12-8-21)25-15-17-26(18-16-25)24-13-9-22(20-28)10-14-24/h1-2,21-26H,3-19H2/t21-,22-,23-,24-,25-,26-. The molecule has 3 rings (SSSR count). The monoisotopic (exact) mass is 387 g/mol. The predicted octanol–water partition coefficient (Wildman–Crippen LogP) is 8.02. The molecule has 0 amide bonds. The fourth-order valence-corrected chi connectivity index (χ4v) is 6.52. The van der Waals surface area contributed by atoms with Crippen molar-refractivity contribution in [1.29, 1.82) is 5.26 Å². The van der Waals surface area contributed by atoms with Gasteiger partial charge >= 0.3 is 0 Å². The number of alkyl halides is 1. The van der Waals surface area contributed by atoms with E-state index in [-0.39, 0.29) is 6.67 Å². The number of nitriles is 1. The predicted molar refractivity (Wildman–Crippen MR) is 116 cm³/mol. The first-order valence-corrected chi connectivity index (χ1v) is 12.4. The second-order valence-corrected chi connectivity index (χ2v) is 10.1. The quantitative estimate of drug-likeness (QED) is 0.305. The zero-order valence-electron chi connectivity index (χ0n) is 18.0. The van der Waals surface area contributed by atoms with Crippen LogP contribution in [0, 0.1) is 46.8 Å². The van der Waals surface area contributed by atoms with Crippen LogP contribution < -0.4 is 0 Å². The van der Waals surface area contributed by atoms with E-state index in [0.717, 1.165) is 48.9 Å². The third-order valence-corrected chi connectivity index (χ3v) is 8.41. The first kappa shape index (κ1) is 21.9. The van der Waals surface area contributed by atoms with Gasteiger partial charge in [-0.1, -0.05) is 25.0 Å². The molecule has 0 atom stereocenters. The zero-order chi connectivity index (χ0) is 19.6. The Morgan fingerprint density at radius 3 is 1.64 bits per heavy atom. The molecule has 0 spiro atoms. The van der Waals surface area contributed by atoms with Gasteiger partial charge in [0.15, 0.2) is 0 Å². The second-order valence-electron chi connectivity index (χ2n) is 10.1. The maximum Gasteiger partial charge on any atom is 0.0897 e. The Labute approximate surface area is 173 Å². The molecule has 0 radical (unpaired) electrons. The molecule has 0 aromatic rings. The molecule has 28 heavy (non-hydrogen) atoms. The van der Waals surface area contributed by atoms with Gasteiger partial charge in [-0.3, -0.25) is 4.39 Å². The lowest BCUT2D eigenvalue weighted by Gasteiger charge is -2.41. The number of unbranched alkanes of at least 4 members (excludes halogenated alkanes) is 1. The van der Waals surface area contributed by atoms with E-state index in [1.807, 2.05) is 0 Å². The minimum atomic E-state index is -0.182. The van der Waals surface area contributed by atoms with Gasteiger partial charge in [-0.25, -0.2) is 0 Å². The summed E-state index contributed by atoms with van der Waals surface area (Å²) < 4.78 is 12.1. The number of nitrogens with zero attached hydrogens (tertiary/aromatic N) is 1. The molecule has 0 saturated heterocycles. The van der Waals surface area contributed by atoms with Crippen molar-refractivity contribution in [3.8, 4) is 6.07 Å². The highest BCUT2D eigenvalue weighted by Crippen LogP contribution is 2.46. The number of hydrogen-bond acceptors (Lipinski definition) is 1. The molecule has 158 valence electrons. The fraction of sp³-hybridized carbons (Fsp3) is 0.885. The van der Waals surface area contributed by atoms with Crippen LogP contribution >= 0.6 is 0 Å². The molecule has 0 aliphatic heterocycles. The first-order chi connectivity index (χ1) is 13.8. The highest BCUT2D eigenvalue weighted by atomic mass is 19.1. The summed E-state index contributed by atoms with van der Waals surface area (Å²) in [5.74, 6) is 5.21. The van der Waals surface area contributed by atoms with Crippen molar-refractivity contribution in [2.45, 2.75) is 103 Å². The van der Waals surface area contributed by atoms with Gasteiger partial charge in [-0.2, -0.15) is 5.26 Å². The molecule has 3 aliphatic carbocycles. The van der Waals surface area contributed by atoms with Gasteiger partial charge in [-0.05, 0) is 119 Å². The average molecular weight is 388 g/mol. The van der Waals surface area contributed by atoms with Gasteiger partial charge < -0.3 is 0 Å². The smallest absolute Gasteiger partial charge is 0.0897 e. The van der Waals surface area contributed by atoms with Crippen LogP contribution in [-0.2, 0) is 0 Å². The zero-order valence-corrected chi connectivity index (χ0v) is 18.0. The lowest BCUT2D eigenvalue weighted by atomic mass is 9.65. The molecular weight excluding hydrogens is 345 g/mol. The van der Waals surface area contributed by atoms with E-state index in [1.54, 1.807) is 0 Å². The van der Waals surface area contributed by atoms with Crippen LogP contribution in [0.2, 0.25) is 0 Å². The van der Waals surface area contributed by atoms with E-state index in [0.29, 0.717) is 12.3 Å². The van der Waals surface area contributed by atoms with Crippen molar-refractivity contribution >= 4 is 0 Å². The first-order valence-electron chi connectivity index (χ1n) is 12.4. The van der Waals surface area contributed by atoms with Crippen molar-refractivity contribution in [2.24, 2.45) is 35.5 Å². The molecule has 3 fully saturated rings. The maximum atomic E-state index is 12.1. The Bertz CT molecular complexity index is 483. The highest BCUT2D eigenvalue weighted by molar-refractivity contribution is 4.91. The van der Waals surface area contributed by atoms with E-state index in [1.165, 1.54) is 77.0 Å². The molecule has 3 aliphatic rings. The minimum absolute atomic E-state index is 0.182. The normalized spacial score (nSPS) is 37.0. The lowest BCUT2D eigenvalue weighted by Crippen LogP contribution is -2.29. The Balaban J connectivity index is 1.29. The second kappa shape index (κ2) is 12.0. The van der Waals surface area contributed by atoms with Crippen molar-refractivity contribution < 1.29 is 4.39 Å². The highest BCUT2D eigenvalue weighted by Gasteiger charge is 2.34. The Hall–Kier alpha value is -0.840. The third-order valence-electron chi connectivity index (χ3n) is 8.41. The minimum Gasteiger partial charge on any atom is -0.251 e. The molecule has 0 aromatic heterocycles. The summed E-state index contributed by atoms with van der Waals surface area (Å²) >= 11 is 0. The summed E-state index contributed by atoms with van der Waals surface area (Å²) in [6.45, 7) is -0.182. The summed E-state index contributed by atoms with van der Waals surface area (Å²) in [6, 6.07) is 2.49. The van der Waals surface area contributed by atoms with Crippen molar-refractivity contribution in [3.63, 3.8) is 0 Å². The molecule has 2 heteroatoms. The van der Waals surface area contributed by atoms with Crippen LogP contribution in [0.5, 0.6) is 0 Å². The Morgan fingerprint density at radius 2 is 1.14 bits per heavy atom. The Morgan fingerprint density at radius 1 is 0.679 bits per heavy atom. The number of allylic oxidation sites excluding steroid dienone is 2. The number of halogens is 1. The summed E-state index contributed by atoms with van der Waals surface area (Å²) in [5, 5.41) is 9.11. The van der Waals surface area contributed by atoms with Gasteiger partial charge in [0.05, 0.1) is 12.7 Å². The van der Waals surface area contributed by atoms with Crippen LogP contribution in [0.3, 0.4) is 0 Å². The topological polar surface area (TPSA) is 23.8 Å². The van der Waals surface area contributed by atoms with Crippen LogP contribution in [0.15, 0.2) is 12.2 Å². The fourth-order valence-electron chi connectivity index (χ4n) is 6.52. The summed E-state index contributed by atoms with van der Waals surface area (Å²) in [6.07, 6.45) is 25.3.